The number of hydrogen-bond acceptors (Lipinski definition) is 3. The molecule has 1 rings (SSSR count). The van der Waals surface area contributed by atoms with Crippen LogP contribution in [0, 0.1) is 0 Å². The first-order valence-corrected chi connectivity index (χ1v) is 6.84. The Morgan fingerprint density at radius 3 is 2.29 bits per heavy atom. The minimum Gasteiger partial charge on any atom is -0.478 e. The highest BCUT2D eigenvalue weighted by Crippen LogP contribution is 2.14. The number of carbonyl (C=O) groups is 1. The Labute approximate surface area is 101 Å². The Morgan fingerprint density at radius 2 is 1.88 bits per heavy atom. The maximum atomic E-state index is 11.4. The smallest absolute Gasteiger partial charge is 0.335 e. The van der Waals surface area contributed by atoms with Gasteiger partial charge in [-0.2, -0.15) is 0 Å². The van der Waals surface area contributed by atoms with Gasteiger partial charge in [-0.3, -0.25) is 0 Å². The lowest BCUT2D eigenvalue weighted by molar-refractivity contribution is 0.0697. The fourth-order valence-electron chi connectivity index (χ4n) is 1.34. The molecule has 6 heteroatoms. The van der Waals surface area contributed by atoms with Crippen molar-refractivity contribution in [2.45, 2.75) is 19.9 Å². The summed E-state index contributed by atoms with van der Waals surface area (Å²) in [5, 5.41) is 8.73. The molecule has 0 spiro atoms. The molecular formula is C11H15NO4S. The van der Waals surface area contributed by atoms with E-state index in [0.717, 1.165) is 5.56 Å². The van der Waals surface area contributed by atoms with Gasteiger partial charge in [0.1, 0.15) is 0 Å². The zero-order valence-electron chi connectivity index (χ0n) is 9.67. The van der Waals surface area contributed by atoms with Crippen molar-refractivity contribution < 1.29 is 18.3 Å². The summed E-state index contributed by atoms with van der Waals surface area (Å²) in [6, 6.07) is 5.74. The molecule has 0 aliphatic heterocycles. The molecule has 1 atom stereocenters. The first-order valence-electron chi connectivity index (χ1n) is 5.19. The van der Waals surface area contributed by atoms with Crippen molar-refractivity contribution in [3.8, 4) is 0 Å². The van der Waals surface area contributed by atoms with E-state index < -0.39 is 16.0 Å². The summed E-state index contributed by atoms with van der Waals surface area (Å²) in [4.78, 5) is 10.6. The molecule has 1 aromatic carbocycles. The van der Waals surface area contributed by atoms with Gasteiger partial charge < -0.3 is 5.11 Å². The fraction of sp³-hybridized carbons (Fsp3) is 0.364. The quantitative estimate of drug-likeness (QED) is 0.834. The van der Waals surface area contributed by atoms with E-state index in [-0.39, 0.29) is 17.4 Å². The Morgan fingerprint density at radius 1 is 1.35 bits per heavy atom. The van der Waals surface area contributed by atoms with Crippen LogP contribution in [0.2, 0.25) is 0 Å². The van der Waals surface area contributed by atoms with Gasteiger partial charge in [0.2, 0.25) is 10.0 Å². The Balaban J connectivity index is 2.83. The monoisotopic (exact) mass is 257 g/mol. The van der Waals surface area contributed by atoms with Crippen molar-refractivity contribution in [3.05, 3.63) is 35.4 Å². The number of aromatic carboxylic acids is 1. The molecule has 0 saturated heterocycles. The second kappa shape index (κ2) is 5.29. The lowest BCUT2D eigenvalue weighted by atomic mass is 10.1. The van der Waals surface area contributed by atoms with Gasteiger partial charge in [-0.1, -0.05) is 12.1 Å². The Hall–Kier alpha value is -1.40. The molecule has 0 amide bonds. The van der Waals surface area contributed by atoms with E-state index in [9.17, 15) is 13.2 Å². The van der Waals surface area contributed by atoms with Crippen molar-refractivity contribution in [3.63, 3.8) is 0 Å². The second-order valence-corrected chi connectivity index (χ2v) is 5.71. The summed E-state index contributed by atoms with van der Waals surface area (Å²) >= 11 is 0. The predicted octanol–water partition coefficient (Wildman–Crippen LogP) is 1.39. The lowest BCUT2D eigenvalue weighted by Gasteiger charge is -2.13. The summed E-state index contributed by atoms with van der Waals surface area (Å²) in [5.74, 6) is -0.983. The normalized spacial score (nSPS) is 13.3. The summed E-state index contributed by atoms with van der Waals surface area (Å²) in [7, 11) is -3.26. The van der Waals surface area contributed by atoms with E-state index in [1.54, 1.807) is 26.0 Å². The van der Waals surface area contributed by atoms with Crippen molar-refractivity contribution in [2.24, 2.45) is 0 Å². The number of carboxylic acid groups (broad SMARTS) is 1. The van der Waals surface area contributed by atoms with E-state index in [4.69, 9.17) is 5.11 Å². The van der Waals surface area contributed by atoms with Crippen LogP contribution in [-0.4, -0.2) is 25.2 Å². The molecule has 0 aliphatic rings. The van der Waals surface area contributed by atoms with Gasteiger partial charge >= 0.3 is 5.97 Å². The molecular weight excluding hydrogens is 242 g/mol. The minimum absolute atomic E-state index is 0.0184. The van der Waals surface area contributed by atoms with Crippen LogP contribution >= 0.6 is 0 Å². The molecule has 0 bridgehead atoms. The molecule has 17 heavy (non-hydrogen) atoms. The number of nitrogens with one attached hydrogen (secondary N) is 1. The van der Waals surface area contributed by atoms with E-state index in [1.165, 1.54) is 12.1 Å². The molecule has 0 fully saturated rings. The molecule has 0 unspecified atom stereocenters. The molecule has 1 aromatic rings. The fourth-order valence-corrected chi connectivity index (χ4v) is 2.18. The summed E-state index contributed by atoms with van der Waals surface area (Å²) in [6.45, 7) is 3.27. The molecule has 0 saturated carbocycles. The predicted molar refractivity (Wildman–Crippen MR) is 64.4 cm³/mol. The summed E-state index contributed by atoms with van der Waals surface area (Å²) in [5.41, 5.74) is 0.909. The minimum atomic E-state index is -3.26. The molecule has 0 heterocycles. The molecule has 5 nitrogen and oxygen atoms in total. The van der Waals surface area contributed by atoms with Crippen molar-refractivity contribution in [2.75, 3.05) is 5.75 Å². The third kappa shape index (κ3) is 3.83. The SMILES string of the molecule is CCS(=O)(=O)N[C@@H](C)c1ccc(C(=O)O)cc1. The molecule has 0 aromatic heterocycles. The highest BCUT2D eigenvalue weighted by Gasteiger charge is 2.13. The molecule has 0 radical (unpaired) electrons. The van der Waals surface area contributed by atoms with Crippen LogP contribution in [0.4, 0.5) is 0 Å². The third-order valence-electron chi connectivity index (χ3n) is 2.39. The van der Waals surface area contributed by atoms with E-state index in [1.807, 2.05) is 0 Å². The summed E-state index contributed by atoms with van der Waals surface area (Å²) in [6.07, 6.45) is 0. The number of rotatable bonds is 5. The Kier molecular flexibility index (Phi) is 4.25. The van der Waals surface area contributed by atoms with Gasteiger partial charge in [-0.05, 0) is 31.5 Å². The Bertz CT molecular complexity index is 493. The van der Waals surface area contributed by atoms with Crippen LogP contribution in [0.1, 0.15) is 35.8 Å². The van der Waals surface area contributed by atoms with Gasteiger partial charge in [-0.15, -0.1) is 0 Å². The van der Waals surface area contributed by atoms with E-state index >= 15 is 0 Å². The second-order valence-electron chi connectivity index (χ2n) is 3.67. The van der Waals surface area contributed by atoms with Crippen LogP contribution < -0.4 is 4.72 Å². The van der Waals surface area contributed by atoms with Gasteiger partial charge in [-0.25, -0.2) is 17.9 Å². The van der Waals surface area contributed by atoms with Crippen LogP contribution in [0.5, 0.6) is 0 Å². The first kappa shape index (κ1) is 13.7. The van der Waals surface area contributed by atoms with Crippen molar-refractivity contribution in [1.82, 2.24) is 4.72 Å². The highest BCUT2D eigenvalue weighted by atomic mass is 32.2. The maximum absolute atomic E-state index is 11.4. The standard InChI is InChI=1S/C11H15NO4S/c1-3-17(15,16)12-8(2)9-4-6-10(7-5-9)11(13)14/h4-8,12H,3H2,1-2H3,(H,13,14)/t8-/m0/s1. The van der Waals surface area contributed by atoms with Crippen LogP contribution in [0.15, 0.2) is 24.3 Å². The van der Waals surface area contributed by atoms with Crippen LogP contribution in [0.25, 0.3) is 0 Å². The molecule has 0 aliphatic carbocycles. The number of benzene rings is 1. The van der Waals surface area contributed by atoms with Crippen LogP contribution in [-0.2, 0) is 10.0 Å². The van der Waals surface area contributed by atoms with Crippen molar-refractivity contribution >= 4 is 16.0 Å². The van der Waals surface area contributed by atoms with Gasteiger partial charge in [0.15, 0.2) is 0 Å². The van der Waals surface area contributed by atoms with Gasteiger partial charge in [0.25, 0.3) is 0 Å². The van der Waals surface area contributed by atoms with Crippen LogP contribution in [0.3, 0.4) is 0 Å². The number of sulfonamides is 1. The zero-order valence-corrected chi connectivity index (χ0v) is 10.5. The van der Waals surface area contributed by atoms with Gasteiger partial charge in [0.05, 0.1) is 11.3 Å². The number of carboxylic acids is 1. The van der Waals surface area contributed by atoms with Crippen molar-refractivity contribution in [1.29, 1.82) is 0 Å². The number of hydrogen-bond donors (Lipinski definition) is 2. The highest BCUT2D eigenvalue weighted by molar-refractivity contribution is 7.89. The topological polar surface area (TPSA) is 83.5 Å². The lowest BCUT2D eigenvalue weighted by Crippen LogP contribution is -2.28. The maximum Gasteiger partial charge on any atom is 0.335 e. The van der Waals surface area contributed by atoms with E-state index in [0.29, 0.717) is 0 Å². The third-order valence-corrected chi connectivity index (χ3v) is 3.87. The average Bonchev–Trinajstić information content (AvgIpc) is 2.28. The van der Waals surface area contributed by atoms with E-state index in [2.05, 4.69) is 4.72 Å². The average molecular weight is 257 g/mol. The largest absolute Gasteiger partial charge is 0.478 e. The molecule has 94 valence electrons. The zero-order chi connectivity index (χ0) is 13.1. The first-order chi connectivity index (χ1) is 7.85. The summed E-state index contributed by atoms with van der Waals surface area (Å²) < 4.78 is 25.2. The van der Waals surface area contributed by atoms with Gasteiger partial charge in [0, 0.05) is 6.04 Å². The molecule has 2 N–H and O–H groups in total.